The van der Waals surface area contributed by atoms with Crippen LogP contribution in [0.4, 0.5) is 0 Å². The van der Waals surface area contributed by atoms with E-state index >= 15 is 0 Å². The van der Waals surface area contributed by atoms with Gasteiger partial charge in [-0.25, -0.2) is 0 Å². The molecule has 2 aliphatic carbocycles. The largest absolute Gasteiger partial charge is 0.313 e. The minimum absolute atomic E-state index is 0.698. The second-order valence-corrected chi connectivity index (χ2v) is 3.14. The van der Waals surface area contributed by atoms with Crippen LogP contribution in [0, 0.1) is 11.8 Å². The fraction of sp³-hybridized carbons (Fsp3) is 0.750. The summed E-state index contributed by atoms with van der Waals surface area (Å²) in [5.41, 5.74) is 0. The summed E-state index contributed by atoms with van der Waals surface area (Å²) < 4.78 is 0. The highest BCUT2D eigenvalue weighted by atomic mass is 14.9. The van der Waals surface area contributed by atoms with Crippen molar-refractivity contribution in [1.29, 1.82) is 0 Å². The van der Waals surface area contributed by atoms with Crippen LogP contribution in [-0.4, -0.2) is 13.1 Å². The highest BCUT2D eigenvalue weighted by Crippen LogP contribution is 2.46. The zero-order chi connectivity index (χ0) is 6.27. The number of rotatable bonds is 1. The summed E-state index contributed by atoms with van der Waals surface area (Å²) in [6, 6.07) is 0.698. The molecule has 50 valence electrons. The van der Waals surface area contributed by atoms with Gasteiger partial charge in [-0.2, -0.15) is 0 Å². The molecule has 3 atom stereocenters. The highest BCUT2D eigenvalue weighted by molar-refractivity contribution is 5.11. The van der Waals surface area contributed by atoms with Crippen molar-refractivity contribution >= 4 is 0 Å². The molecule has 3 unspecified atom stereocenters. The molecule has 0 bridgehead atoms. The lowest BCUT2D eigenvalue weighted by Gasteiger charge is -2.13. The summed E-state index contributed by atoms with van der Waals surface area (Å²) in [6.07, 6.45) is 7.42. The Bertz CT molecular complexity index is 140. The molecular weight excluding hydrogens is 110 g/mol. The predicted molar refractivity (Wildman–Crippen MR) is 38.2 cm³/mol. The van der Waals surface area contributed by atoms with E-state index in [1.54, 1.807) is 0 Å². The summed E-state index contributed by atoms with van der Waals surface area (Å²) in [7, 11) is 2.05. The van der Waals surface area contributed by atoms with Gasteiger partial charge in [0.15, 0.2) is 0 Å². The van der Waals surface area contributed by atoms with Crippen LogP contribution in [0.3, 0.4) is 0 Å². The van der Waals surface area contributed by atoms with Gasteiger partial charge in [0.05, 0.1) is 0 Å². The van der Waals surface area contributed by atoms with Gasteiger partial charge in [-0.1, -0.05) is 12.2 Å². The van der Waals surface area contributed by atoms with Crippen LogP contribution < -0.4 is 5.32 Å². The highest BCUT2D eigenvalue weighted by Gasteiger charge is 2.42. The minimum Gasteiger partial charge on any atom is -0.313 e. The zero-order valence-electron chi connectivity index (χ0n) is 5.80. The molecule has 0 spiro atoms. The lowest BCUT2D eigenvalue weighted by atomic mass is 10.0. The van der Waals surface area contributed by atoms with E-state index in [1.165, 1.54) is 12.8 Å². The Balaban J connectivity index is 2.05. The first-order chi connectivity index (χ1) is 4.42. The number of hydrogen-bond acceptors (Lipinski definition) is 1. The standard InChI is InChI=1S/C8H13N/c1-9-8-4-2-3-6-5-7(6)8/h2,4,6-9H,3,5H2,1H3. The molecule has 0 saturated heterocycles. The Morgan fingerprint density at radius 3 is 3.11 bits per heavy atom. The molecule has 0 heterocycles. The lowest BCUT2D eigenvalue weighted by Crippen LogP contribution is -2.27. The maximum absolute atomic E-state index is 3.31. The van der Waals surface area contributed by atoms with Crippen molar-refractivity contribution in [2.75, 3.05) is 7.05 Å². The van der Waals surface area contributed by atoms with Gasteiger partial charge in [0, 0.05) is 6.04 Å². The van der Waals surface area contributed by atoms with Crippen LogP contribution in [0.15, 0.2) is 12.2 Å². The molecular formula is C8H13N. The lowest BCUT2D eigenvalue weighted by molar-refractivity contribution is 0.535. The van der Waals surface area contributed by atoms with Crippen LogP contribution >= 0.6 is 0 Å². The van der Waals surface area contributed by atoms with Gasteiger partial charge in [-0.3, -0.25) is 0 Å². The average Bonchev–Trinajstić information content (AvgIpc) is 2.64. The summed E-state index contributed by atoms with van der Waals surface area (Å²) in [5, 5.41) is 3.31. The van der Waals surface area contributed by atoms with E-state index in [0.29, 0.717) is 6.04 Å². The molecule has 0 aromatic carbocycles. The first kappa shape index (κ1) is 5.48. The molecule has 1 nitrogen and oxygen atoms in total. The molecule has 1 saturated carbocycles. The molecule has 0 aromatic heterocycles. The third-order valence-electron chi connectivity index (χ3n) is 2.55. The Hall–Kier alpha value is -0.300. The van der Waals surface area contributed by atoms with E-state index in [4.69, 9.17) is 0 Å². The Labute approximate surface area is 56.1 Å². The van der Waals surface area contributed by atoms with E-state index in [1.807, 2.05) is 0 Å². The Morgan fingerprint density at radius 2 is 2.44 bits per heavy atom. The fourth-order valence-corrected chi connectivity index (χ4v) is 1.83. The van der Waals surface area contributed by atoms with Crippen LogP contribution in [-0.2, 0) is 0 Å². The second kappa shape index (κ2) is 1.84. The van der Waals surface area contributed by atoms with Gasteiger partial charge < -0.3 is 5.32 Å². The number of likely N-dealkylation sites (N-methyl/N-ethyl adjacent to an activating group) is 1. The molecule has 1 heteroatoms. The van der Waals surface area contributed by atoms with Crippen LogP contribution in [0.1, 0.15) is 12.8 Å². The SMILES string of the molecule is CNC1C=CCC2CC21. The van der Waals surface area contributed by atoms with Crippen LogP contribution in [0.25, 0.3) is 0 Å². The zero-order valence-corrected chi connectivity index (χ0v) is 5.80. The molecule has 0 radical (unpaired) electrons. The molecule has 0 aromatic rings. The summed E-state index contributed by atoms with van der Waals surface area (Å²) in [6.45, 7) is 0. The first-order valence-electron chi connectivity index (χ1n) is 3.76. The second-order valence-electron chi connectivity index (χ2n) is 3.14. The maximum Gasteiger partial charge on any atom is 0.0278 e. The quantitative estimate of drug-likeness (QED) is 0.516. The maximum atomic E-state index is 3.31. The van der Waals surface area contributed by atoms with Crippen molar-refractivity contribution < 1.29 is 0 Å². The van der Waals surface area contributed by atoms with Gasteiger partial charge in [0.1, 0.15) is 0 Å². The average molecular weight is 123 g/mol. The van der Waals surface area contributed by atoms with Gasteiger partial charge in [0.2, 0.25) is 0 Å². The first-order valence-corrected chi connectivity index (χ1v) is 3.76. The van der Waals surface area contributed by atoms with Gasteiger partial charge in [-0.05, 0) is 31.7 Å². The van der Waals surface area contributed by atoms with Gasteiger partial charge >= 0.3 is 0 Å². The van der Waals surface area contributed by atoms with Crippen molar-refractivity contribution in [3.8, 4) is 0 Å². The smallest absolute Gasteiger partial charge is 0.0278 e. The fourth-order valence-electron chi connectivity index (χ4n) is 1.83. The molecule has 2 rings (SSSR count). The van der Waals surface area contributed by atoms with E-state index in [2.05, 4.69) is 24.5 Å². The summed E-state index contributed by atoms with van der Waals surface area (Å²) in [4.78, 5) is 0. The van der Waals surface area contributed by atoms with E-state index in [9.17, 15) is 0 Å². The topological polar surface area (TPSA) is 12.0 Å². The molecule has 0 aliphatic heterocycles. The van der Waals surface area contributed by atoms with Crippen molar-refractivity contribution in [3.63, 3.8) is 0 Å². The molecule has 1 N–H and O–H groups in total. The molecule has 0 amide bonds. The van der Waals surface area contributed by atoms with Crippen LogP contribution in [0.2, 0.25) is 0 Å². The Morgan fingerprint density at radius 1 is 1.56 bits per heavy atom. The van der Waals surface area contributed by atoms with E-state index in [0.717, 1.165) is 11.8 Å². The van der Waals surface area contributed by atoms with Crippen molar-refractivity contribution in [1.82, 2.24) is 5.32 Å². The third kappa shape index (κ3) is 0.799. The summed E-state index contributed by atoms with van der Waals surface area (Å²) >= 11 is 0. The third-order valence-corrected chi connectivity index (χ3v) is 2.55. The minimum atomic E-state index is 0.698. The molecule has 2 aliphatic rings. The number of fused-ring (bicyclic) bond motifs is 1. The predicted octanol–water partition coefficient (Wildman–Crippen LogP) is 1.17. The number of allylic oxidation sites excluding steroid dienone is 1. The Kier molecular flexibility index (Phi) is 1.12. The number of hydrogen-bond donors (Lipinski definition) is 1. The van der Waals surface area contributed by atoms with Gasteiger partial charge in [0.25, 0.3) is 0 Å². The monoisotopic (exact) mass is 123 g/mol. The van der Waals surface area contributed by atoms with Gasteiger partial charge in [-0.15, -0.1) is 0 Å². The van der Waals surface area contributed by atoms with Crippen molar-refractivity contribution in [2.45, 2.75) is 18.9 Å². The van der Waals surface area contributed by atoms with Crippen molar-refractivity contribution in [3.05, 3.63) is 12.2 Å². The summed E-state index contributed by atoms with van der Waals surface area (Å²) in [5.74, 6) is 2.02. The van der Waals surface area contributed by atoms with E-state index in [-0.39, 0.29) is 0 Å². The van der Waals surface area contributed by atoms with Crippen LogP contribution in [0.5, 0.6) is 0 Å². The molecule has 9 heavy (non-hydrogen) atoms. The van der Waals surface area contributed by atoms with E-state index < -0.39 is 0 Å². The molecule has 1 fully saturated rings. The normalized spacial score (nSPS) is 46.6. The van der Waals surface area contributed by atoms with Crippen molar-refractivity contribution in [2.24, 2.45) is 11.8 Å². The number of nitrogens with one attached hydrogen (secondary N) is 1.